The molecule has 0 aliphatic heterocycles. The zero-order valence-corrected chi connectivity index (χ0v) is 12.5. The number of ether oxygens (including phenoxy) is 1. The van der Waals surface area contributed by atoms with Crippen LogP contribution in [0.5, 0.6) is 5.75 Å². The van der Waals surface area contributed by atoms with Crippen LogP contribution in [0, 0.1) is 11.8 Å². The third kappa shape index (κ3) is 3.94. The summed E-state index contributed by atoms with van der Waals surface area (Å²) in [5.41, 5.74) is 0. The Balaban J connectivity index is 2.93. The lowest BCUT2D eigenvalue weighted by Gasteiger charge is -2.17. The van der Waals surface area contributed by atoms with Crippen molar-refractivity contribution in [2.75, 3.05) is 13.7 Å². The van der Waals surface area contributed by atoms with Crippen molar-refractivity contribution in [2.45, 2.75) is 18.7 Å². The van der Waals surface area contributed by atoms with E-state index in [1.807, 2.05) is 0 Å². The Labute approximate surface area is 118 Å². The first kappa shape index (κ1) is 16.5. The summed E-state index contributed by atoms with van der Waals surface area (Å²) in [7, 11) is -2.43. The van der Waals surface area contributed by atoms with Crippen LogP contribution >= 0.6 is 0 Å². The summed E-state index contributed by atoms with van der Waals surface area (Å²) in [5.74, 6) is -1.76. The Morgan fingerprint density at radius 3 is 2.45 bits per heavy atom. The predicted molar refractivity (Wildman–Crippen MR) is 74.1 cm³/mol. The van der Waals surface area contributed by atoms with E-state index in [-0.39, 0.29) is 23.1 Å². The third-order valence-corrected chi connectivity index (χ3v) is 4.44. The highest BCUT2D eigenvalue weighted by molar-refractivity contribution is 7.89. The second-order valence-electron chi connectivity index (χ2n) is 4.69. The summed E-state index contributed by atoms with van der Waals surface area (Å²) in [4.78, 5) is 11.1. The highest BCUT2D eigenvalue weighted by atomic mass is 32.2. The van der Waals surface area contributed by atoms with Crippen LogP contribution in [0.4, 0.5) is 0 Å². The molecule has 0 spiro atoms. The number of benzene rings is 1. The molecule has 2 N–H and O–H groups in total. The molecular weight excluding hydrogens is 282 g/mol. The van der Waals surface area contributed by atoms with Crippen molar-refractivity contribution in [2.24, 2.45) is 11.8 Å². The van der Waals surface area contributed by atoms with Crippen molar-refractivity contribution < 1.29 is 23.1 Å². The molecule has 0 saturated carbocycles. The number of carboxylic acid groups (broad SMARTS) is 1. The Morgan fingerprint density at radius 2 is 1.95 bits per heavy atom. The van der Waals surface area contributed by atoms with Crippen molar-refractivity contribution in [3.63, 3.8) is 0 Å². The minimum absolute atomic E-state index is 0.00426. The number of aliphatic carboxylic acids is 1. The average molecular weight is 301 g/mol. The van der Waals surface area contributed by atoms with Crippen LogP contribution in [0.3, 0.4) is 0 Å². The number of methoxy groups -OCH3 is 1. The molecule has 0 fully saturated rings. The third-order valence-electron chi connectivity index (χ3n) is 2.97. The number of carbonyl (C=O) groups is 1. The number of hydrogen-bond acceptors (Lipinski definition) is 4. The predicted octanol–water partition coefficient (Wildman–Crippen LogP) is 1.33. The van der Waals surface area contributed by atoms with Crippen LogP contribution in [-0.4, -0.2) is 33.1 Å². The van der Waals surface area contributed by atoms with Gasteiger partial charge in [0.05, 0.1) is 13.0 Å². The number of sulfonamides is 1. The Hall–Kier alpha value is -1.60. The fraction of sp³-hybridized carbons (Fsp3) is 0.462. The molecule has 6 nitrogen and oxygen atoms in total. The molecule has 1 aromatic rings. The van der Waals surface area contributed by atoms with E-state index in [1.165, 1.54) is 19.2 Å². The maximum absolute atomic E-state index is 12.2. The molecule has 0 aliphatic carbocycles. The number of para-hydroxylation sites is 1. The lowest BCUT2D eigenvalue weighted by molar-refractivity contribution is -0.142. The number of hydrogen-bond donors (Lipinski definition) is 2. The van der Waals surface area contributed by atoms with Gasteiger partial charge in [0.25, 0.3) is 0 Å². The first-order chi connectivity index (χ1) is 9.29. The van der Waals surface area contributed by atoms with E-state index < -0.39 is 21.9 Å². The van der Waals surface area contributed by atoms with Gasteiger partial charge in [-0.05, 0) is 18.1 Å². The maximum atomic E-state index is 12.2. The topological polar surface area (TPSA) is 92.7 Å². The van der Waals surface area contributed by atoms with Crippen molar-refractivity contribution in [1.82, 2.24) is 4.72 Å². The molecule has 0 amide bonds. The van der Waals surface area contributed by atoms with E-state index in [9.17, 15) is 13.2 Å². The molecule has 1 unspecified atom stereocenters. The zero-order chi connectivity index (χ0) is 15.3. The van der Waals surface area contributed by atoms with Gasteiger partial charge < -0.3 is 9.84 Å². The number of nitrogens with one attached hydrogen (secondary N) is 1. The minimum Gasteiger partial charge on any atom is -0.495 e. The molecular formula is C13H19NO5S. The van der Waals surface area contributed by atoms with E-state index >= 15 is 0 Å². The lowest BCUT2D eigenvalue weighted by Crippen LogP contribution is -2.35. The van der Waals surface area contributed by atoms with E-state index in [4.69, 9.17) is 9.84 Å². The first-order valence-corrected chi connectivity index (χ1v) is 7.63. The molecule has 0 heterocycles. The Morgan fingerprint density at radius 1 is 1.35 bits per heavy atom. The summed E-state index contributed by atoms with van der Waals surface area (Å²) in [5, 5.41) is 9.05. The van der Waals surface area contributed by atoms with E-state index in [1.54, 1.807) is 26.0 Å². The van der Waals surface area contributed by atoms with Gasteiger partial charge in [-0.25, -0.2) is 13.1 Å². The highest BCUT2D eigenvalue weighted by Gasteiger charge is 2.25. The quantitative estimate of drug-likeness (QED) is 0.792. The van der Waals surface area contributed by atoms with Gasteiger partial charge in [-0.3, -0.25) is 4.79 Å². The molecule has 1 rings (SSSR count). The smallest absolute Gasteiger partial charge is 0.308 e. The van der Waals surface area contributed by atoms with Crippen LogP contribution in [0.25, 0.3) is 0 Å². The van der Waals surface area contributed by atoms with Crippen LogP contribution in [0.15, 0.2) is 29.2 Å². The molecule has 112 valence electrons. The van der Waals surface area contributed by atoms with Gasteiger partial charge in [0.2, 0.25) is 10.0 Å². The molecule has 1 atom stereocenters. The lowest BCUT2D eigenvalue weighted by atomic mass is 9.97. The number of carboxylic acids is 1. The second kappa shape index (κ2) is 6.71. The molecule has 20 heavy (non-hydrogen) atoms. The summed E-state index contributed by atoms with van der Waals surface area (Å²) in [6.45, 7) is 3.31. The summed E-state index contributed by atoms with van der Waals surface area (Å²) < 4.78 is 31.7. The zero-order valence-electron chi connectivity index (χ0n) is 11.7. The number of rotatable bonds is 7. The second-order valence-corrected chi connectivity index (χ2v) is 6.43. The monoisotopic (exact) mass is 301 g/mol. The fourth-order valence-electron chi connectivity index (χ4n) is 1.73. The van der Waals surface area contributed by atoms with E-state index in [0.717, 1.165) is 0 Å². The summed E-state index contributed by atoms with van der Waals surface area (Å²) in [6.07, 6.45) is 0. The van der Waals surface area contributed by atoms with Crippen molar-refractivity contribution in [1.29, 1.82) is 0 Å². The van der Waals surface area contributed by atoms with Gasteiger partial charge >= 0.3 is 5.97 Å². The van der Waals surface area contributed by atoms with Crippen LogP contribution in [-0.2, 0) is 14.8 Å². The van der Waals surface area contributed by atoms with Gasteiger partial charge in [0, 0.05) is 6.54 Å². The van der Waals surface area contributed by atoms with Gasteiger partial charge in [-0.1, -0.05) is 26.0 Å². The van der Waals surface area contributed by atoms with Crippen molar-refractivity contribution in [3.8, 4) is 5.75 Å². The molecule has 0 bridgehead atoms. The summed E-state index contributed by atoms with van der Waals surface area (Å²) in [6, 6.07) is 6.18. The SMILES string of the molecule is COc1ccccc1S(=O)(=O)NCC(C(=O)O)C(C)C. The Bertz CT molecular complexity index is 568. The van der Waals surface area contributed by atoms with Gasteiger partial charge in [0.1, 0.15) is 10.6 Å². The highest BCUT2D eigenvalue weighted by Crippen LogP contribution is 2.22. The molecule has 0 aromatic heterocycles. The average Bonchev–Trinajstić information content (AvgIpc) is 2.37. The maximum Gasteiger partial charge on any atom is 0.308 e. The molecule has 0 saturated heterocycles. The molecule has 7 heteroatoms. The van der Waals surface area contributed by atoms with E-state index in [2.05, 4.69) is 4.72 Å². The van der Waals surface area contributed by atoms with Gasteiger partial charge in [-0.15, -0.1) is 0 Å². The van der Waals surface area contributed by atoms with E-state index in [0.29, 0.717) is 0 Å². The van der Waals surface area contributed by atoms with Crippen LogP contribution < -0.4 is 9.46 Å². The molecule has 0 aliphatic rings. The summed E-state index contributed by atoms with van der Waals surface area (Å²) >= 11 is 0. The standard InChI is InChI=1S/C13H19NO5S/c1-9(2)10(13(15)16)8-14-20(17,18)12-7-5-4-6-11(12)19-3/h4-7,9-10,14H,8H2,1-3H3,(H,15,16). The molecule has 1 aromatic carbocycles. The first-order valence-electron chi connectivity index (χ1n) is 6.15. The van der Waals surface area contributed by atoms with Crippen molar-refractivity contribution in [3.05, 3.63) is 24.3 Å². The fourth-order valence-corrected chi connectivity index (χ4v) is 2.95. The van der Waals surface area contributed by atoms with Gasteiger partial charge in [-0.2, -0.15) is 0 Å². The van der Waals surface area contributed by atoms with Crippen LogP contribution in [0.1, 0.15) is 13.8 Å². The van der Waals surface area contributed by atoms with Crippen LogP contribution in [0.2, 0.25) is 0 Å². The normalized spacial score (nSPS) is 13.2. The molecule has 0 radical (unpaired) electrons. The minimum atomic E-state index is -3.80. The Kier molecular flexibility index (Phi) is 5.52. The van der Waals surface area contributed by atoms with Gasteiger partial charge in [0.15, 0.2) is 0 Å². The largest absolute Gasteiger partial charge is 0.495 e. The van der Waals surface area contributed by atoms with Crippen molar-refractivity contribution >= 4 is 16.0 Å².